The molecule has 132 valence electrons. The highest BCUT2D eigenvalue weighted by Crippen LogP contribution is 2.17. The van der Waals surface area contributed by atoms with Crippen LogP contribution in [0.2, 0.25) is 0 Å². The summed E-state index contributed by atoms with van der Waals surface area (Å²) in [5.41, 5.74) is 3.17. The summed E-state index contributed by atoms with van der Waals surface area (Å²) in [7, 11) is 2.80. The second-order valence-corrected chi connectivity index (χ2v) is 5.80. The second kappa shape index (κ2) is 8.28. The summed E-state index contributed by atoms with van der Waals surface area (Å²) in [6.07, 6.45) is 1.82. The van der Waals surface area contributed by atoms with Gasteiger partial charge < -0.3 is 14.8 Å². The maximum atomic E-state index is 12.6. The maximum absolute atomic E-state index is 12.6. The van der Waals surface area contributed by atoms with Crippen LogP contribution in [-0.4, -0.2) is 37.1 Å². The molecule has 1 atom stereocenters. The van der Waals surface area contributed by atoms with Crippen molar-refractivity contribution in [2.75, 3.05) is 14.2 Å². The summed E-state index contributed by atoms with van der Waals surface area (Å²) >= 11 is 0. The molecule has 0 fully saturated rings. The molecule has 0 saturated heterocycles. The van der Waals surface area contributed by atoms with E-state index in [0.29, 0.717) is 17.0 Å². The number of aromatic nitrogens is 1. The molecule has 6 heteroatoms. The molecule has 2 rings (SSSR count). The zero-order valence-corrected chi connectivity index (χ0v) is 14.8. The monoisotopic (exact) mass is 342 g/mol. The number of amides is 1. The van der Waals surface area contributed by atoms with Gasteiger partial charge in [0.1, 0.15) is 6.04 Å². The van der Waals surface area contributed by atoms with Crippen molar-refractivity contribution in [2.24, 2.45) is 0 Å². The van der Waals surface area contributed by atoms with Gasteiger partial charge in [0, 0.05) is 23.7 Å². The number of ether oxygens (including phenoxy) is 2. The first-order valence-corrected chi connectivity index (χ1v) is 7.89. The standard InChI is InChI=1S/C19H22N2O4/c1-12-8-13(2)10-15(9-12)17(22)21-16(19(23)25-4)11-14-6-5-7-20-18(14)24-3/h5-10,16H,11H2,1-4H3,(H,21,22)/t16-/m0/s1. The van der Waals surface area contributed by atoms with Gasteiger partial charge >= 0.3 is 5.97 Å². The van der Waals surface area contributed by atoms with E-state index in [1.165, 1.54) is 14.2 Å². The number of aryl methyl sites for hydroxylation is 2. The molecule has 0 aliphatic carbocycles. The smallest absolute Gasteiger partial charge is 0.328 e. The Hall–Kier alpha value is -2.89. The van der Waals surface area contributed by atoms with Gasteiger partial charge in [-0.05, 0) is 32.0 Å². The van der Waals surface area contributed by atoms with E-state index in [9.17, 15) is 9.59 Å². The number of hydrogen-bond donors (Lipinski definition) is 1. The first-order chi connectivity index (χ1) is 11.9. The molecule has 1 aromatic carbocycles. The lowest BCUT2D eigenvalue weighted by Gasteiger charge is -2.18. The van der Waals surface area contributed by atoms with Crippen molar-refractivity contribution in [1.29, 1.82) is 0 Å². The Balaban J connectivity index is 2.23. The van der Waals surface area contributed by atoms with Crippen molar-refractivity contribution in [3.63, 3.8) is 0 Å². The number of rotatable bonds is 6. The van der Waals surface area contributed by atoms with Crippen LogP contribution in [-0.2, 0) is 16.0 Å². The van der Waals surface area contributed by atoms with Crippen LogP contribution in [0.3, 0.4) is 0 Å². The predicted octanol–water partition coefficient (Wildman–Crippen LogP) is 2.22. The number of benzene rings is 1. The van der Waals surface area contributed by atoms with E-state index in [-0.39, 0.29) is 12.3 Å². The van der Waals surface area contributed by atoms with Gasteiger partial charge in [-0.3, -0.25) is 4.79 Å². The molecule has 0 aliphatic heterocycles. The molecule has 0 spiro atoms. The number of pyridine rings is 1. The van der Waals surface area contributed by atoms with E-state index >= 15 is 0 Å². The summed E-state index contributed by atoms with van der Waals surface area (Å²) in [6.45, 7) is 3.84. The number of carbonyl (C=O) groups excluding carboxylic acids is 2. The minimum absolute atomic E-state index is 0.222. The molecule has 1 aromatic heterocycles. The Morgan fingerprint density at radius 3 is 2.44 bits per heavy atom. The largest absolute Gasteiger partial charge is 0.481 e. The average molecular weight is 342 g/mol. The molecular weight excluding hydrogens is 320 g/mol. The molecule has 25 heavy (non-hydrogen) atoms. The van der Waals surface area contributed by atoms with Crippen LogP contribution < -0.4 is 10.1 Å². The van der Waals surface area contributed by atoms with Crippen molar-refractivity contribution in [1.82, 2.24) is 10.3 Å². The SMILES string of the molecule is COC(=O)[C@H](Cc1cccnc1OC)NC(=O)c1cc(C)cc(C)c1. The summed E-state index contributed by atoms with van der Waals surface area (Å²) < 4.78 is 10.0. The van der Waals surface area contributed by atoms with Crippen molar-refractivity contribution in [2.45, 2.75) is 26.3 Å². The van der Waals surface area contributed by atoms with Crippen molar-refractivity contribution < 1.29 is 19.1 Å². The molecule has 0 unspecified atom stereocenters. The van der Waals surface area contributed by atoms with Gasteiger partial charge in [-0.2, -0.15) is 0 Å². The van der Waals surface area contributed by atoms with Crippen molar-refractivity contribution >= 4 is 11.9 Å². The van der Waals surface area contributed by atoms with E-state index in [1.807, 2.05) is 19.9 Å². The maximum Gasteiger partial charge on any atom is 0.328 e. The van der Waals surface area contributed by atoms with Crippen LogP contribution in [0.1, 0.15) is 27.0 Å². The Kier molecular flexibility index (Phi) is 6.11. The zero-order valence-electron chi connectivity index (χ0n) is 14.8. The Morgan fingerprint density at radius 2 is 1.84 bits per heavy atom. The number of esters is 1. The van der Waals surface area contributed by atoms with Crippen molar-refractivity contribution in [3.8, 4) is 5.88 Å². The van der Waals surface area contributed by atoms with Crippen LogP contribution in [0.4, 0.5) is 0 Å². The zero-order chi connectivity index (χ0) is 18.4. The number of carbonyl (C=O) groups is 2. The average Bonchev–Trinajstić information content (AvgIpc) is 2.60. The lowest BCUT2D eigenvalue weighted by atomic mass is 10.0. The highest BCUT2D eigenvalue weighted by molar-refractivity contribution is 5.97. The lowest BCUT2D eigenvalue weighted by molar-refractivity contribution is -0.142. The summed E-state index contributed by atoms with van der Waals surface area (Å²) in [5, 5.41) is 2.74. The molecule has 1 heterocycles. The van der Waals surface area contributed by atoms with Gasteiger partial charge in [0.05, 0.1) is 14.2 Å². The third-order valence-corrected chi connectivity index (χ3v) is 3.74. The van der Waals surface area contributed by atoms with E-state index in [2.05, 4.69) is 10.3 Å². The molecular formula is C19H22N2O4. The van der Waals surface area contributed by atoms with Crippen LogP contribution in [0.15, 0.2) is 36.5 Å². The summed E-state index contributed by atoms with van der Waals surface area (Å²) in [5.74, 6) is -0.439. The molecule has 2 aromatic rings. The predicted molar refractivity (Wildman–Crippen MR) is 93.7 cm³/mol. The van der Waals surface area contributed by atoms with E-state index in [4.69, 9.17) is 9.47 Å². The first-order valence-electron chi connectivity index (χ1n) is 7.89. The first kappa shape index (κ1) is 18.4. The Labute approximate surface area is 147 Å². The van der Waals surface area contributed by atoms with Crippen molar-refractivity contribution in [3.05, 3.63) is 58.8 Å². The third-order valence-electron chi connectivity index (χ3n) is 3.74. The van der Waals surface area contributed by atoms with E-state index in [0.717, 1.165) is 11.1 Å². The fraction of sp³-hybridized carbons (Fsp3) is 0.316. The molecule has 0 saturated carbocycles. The van der Waals surface area contributed by atoms with Gasteiger partial charge in [0.2, 0.25) is 5.88 Å². The normalized spacial score (nSPS) is 11.5. The van der Waals surface area contributed by atoms with E-state index in [1.54, 1.807) is 30.5 Å². The summed E-state index contributed by atoms with van der Waals surface area (Å²) in [4.78, 5) is 28.8. The topological polar surface area (TPSA) is 77.5 Å². The molecule has 0 aliphatic rings. The number of nitrogens with one attached hydrogen (secondary N) is 1. The molecule has 0 bridgehead atoms. The van der Waals surface area contributed by atoms with Gasteiger partial charge in [-0.1, -0.05) is 23.3 Å². The van der Waals surface area contributed by atoms with Gasteiger partial charge in [0.25, 0.3) is 5.91 Å². The number of hydrogen-bond acceptors (Lipinski definition) is 5. The fourth-order valence-corrected chi connectivity index (χ4v) is 2.67. The Morgan fingerprint density at radius 1 is 1.16 bits per heavy atom. The Bertz CT molecular complexity index is 754. The third kappa shape index (κ3) is 4.79. The van der Waals surface area contributed by atoms with Gasteiger partial charge in [0.15, 0.2) is 0 Å². The highest BCUT2D eigenvalue weighted by Gasteiger charge is 2.24. The van der Waals surface area contributed by atoms with E-state index < -0.39 is 12.0 Å². The molecule has 0 radical (unpaired) electrons. The van der Waals surface area contributed by atoms with Crippen LogP contribution in [0.25, 0.3) is 0 Å². The van der Waals surface area contributed by atoms with Gasteiger partial charge in [-0.15, -0.1) is 0 Å². The van der Waals surface area contributed by atoms with Gasteiger partial charge in [-0.25, -0.2) is 9.78 Å². The second-order valence-electron chi connectivity index (χ2n) is 5.80. The quantitative estimate of drug-likeness (QED) is 0.815. The highest BCUT2D eigenvalue weighted by atomic mass is 16.5. The minimum atomic E-state index is -0.837. The molecule has 1 N–H and O–H groups in total. The number of nitrogens with zero attached hydrogens (tertiary/aromatic N) is 1. The lowest BCUT2D eigenvalue weighted by Crippen LogP contribution is -2.43. The number of methoxy groups -OCH3 is 2. The molecule has 1 amide bonds. The van der Waals surface area contributed by atoms with Crippen LogP contribution >= 0.6 is 0 Å². The minimum Gasteiger partial charge on any atom is -0.481 e. The molecule has 6 nitrogen and oxygen atoms in total. The fourth-order valence-electron chi connectivity index (χ4n) is 2.67. The summed E-state index contributed by atoms with van der Waals surface area (Å²) in [6, 6.07) is 8.25. The van der Waals surface area contributed by atoms with Crippen LogP contribution in [0, 0.1) is 13.8 Å². The van der Waals surface area contributed by atoms with Crippen LogP contribution in [0.5, 0.6) is 5.88 Å².